The number of benzene rings is 2. The van der Waals surface area contributed by atoms with Gasteiger partial charge in [-0.3, -0.25) is 4.79 Å². The third-order valence-electron chi connectivity index (χ3n) is 4.83. The molecule has 1 saturated heterocycles. The Morgan fingerprint density at radius 1 is 1.14 bits per heavy atom. The highest BCUT2D eigenvalue weighted by Crippen LogP contribution is 2.26. The molecule has 2 heterocycles. The van der Waals surface area contributed by atoms with Crippen LogP contribution >= 0.6 is 12.0 Å². The molecule has 4 rings (SSSR count). The molecule has 2 aromatic carbocycles. The van der Waals surface area contributed by atoms with Crippen molar-refractivity contribution in [2.24, 2.45) is 5.92 Å². The van der Waals surface area contributed by atoms with Crippen LogP contribution in [-0.2, 0) is 4.74 Å². The van der Waals surface area contributed by atoms with Crippen molar-refractivity contribution in [3.05, 3.63) is 59.0 Å². The van der Waals surface area contributed by atoms with Gasteiger partial charge in [-0.1, -0.05) is 12.1 Å². The van der Waals surface area contributed by atoms with E-state index < -0.39 is 0 Å². The van der Waals surface area contributed by atoms with E-state index >= 15 is 0 Å². The molecule has 5 nitrogen and oxygen atoms in total. The Kier molecular flexibility index (Phi) is 5.88. The van der Waals surface area contributed by atoms with E-state index in [2.05, 4.69) is 0 Å². The van der Waals surface area contributed by atoms with Gasteiger partial charge in [0.2, 0.25) is 0 Å². The third-order valence-corrected chi connectivity index (χ3v) is 5.19. The van der Waals surface area contributed by atoms with E-state index in [9.17, 15) is 4.79 Å². The largest absolute Gasteiger partial charge is 0.493 e. The zero-order chi connectivity index (χ0) is 19.3. The molecule has 1 atom stereocenters. The molecule has 1 unspecified atom stereocenters. The van der Waals surface area contributed by atoms with Crippen LogP contribution in [0.3, 0.4) is 0 Å². The lowest BCUT2D eigenvalue weighted by Gasteiger charge is -2.22. The summed E-state index contributed by atoms with van der Waals surface area (Å²) in [6, 6.07) is 12.8. The monoisotopic (exact) mass is 398 g/mol. The highest BCUT2D eigenvalue weighted by molar-refractivity contribution is 7.94. The van der Waals surface area contributed by atoms with Crippen molar-refractivity contribution >= 4 is 23.0 Å². The van der Waals surface area contributed by atoms with Crippen molar-refractivity contribution in [1.82, 2.24) is 0 Å². The van der Waals surface area contributed by atoms with Crippen molar-refractivity contribution in [2.75, 3.05) is 26.1 Å². The maximum atomic E-state index is 12.9. The first-order valence-corrected chi connectivity index (χ1v) is 10.5. The summed E-state index contributed by atoms with van der Waals surface area (Å²) < 4.78 is 22.4. The van der Waals surface area contributed by atoms with Crippen molar-refractivity contribution in [3.63, 3.8) is 0 Å². The van der Waals surface area contributed by atoms with E-state index in [-0.39, 0.29) is 5.43 Å². The Hall–Kier alpha value is -2.44. The van der Waals surface area contributed by atoms with Gasteiger partial charge in [0.15, 0.2) is 5.43 Å². The first kappa shape index (κ1) is 18.9. The second-order valence-electron chi connectivity index (χ2n) is 6.81. The van der Waals surface area contributed by atoms with E-state index in [4.69, 9.17) is 18.1 Å². The summed E-state index contributed by atoms with van der Waals surface area (Å²) in [6.07, 6.45) is 5.57. The van der Waals surface area contributed by atoms with Gasteiger partial charge in [-0.25, -0.2) is 0 Å². The van der Waals surface area contributed by atoms with Gasteiger partial charge in [0.25, 0.3) is 0 Å². The average Bonchev–Trinajstić information content (AvgIpc) is 2.74. The lowest BCUT2D eigenvalue weighted by atomic mass is 10.0. The van der Waals surface area contributed by atoms with Crippen molar-refractivity contribution in [2.45, 2.75) is 12.8 Å². The Balaban J connectivity index is 1.51. The molecule has 0 radical (unpaired) electrons. The highest BCUT2D eigenvalue weighted by Gasteiger charge is 2.15. The molecular formula is C22H22O5S. The van der Waals surface area contributed by atoms with Gasteiger partial charge in [0.05, 0.1) is 36.2 Å². The topological polar surface area (TPSA) is 57.9 Å². The second-order valence-corrected chi connectivity index (χ2v) is 7.31. The van der Waals surface area contributed by atoms with Crippen molar-refractivity contribution in [3.8, 4) is 22.6 Å². The molecular weight excluding hydrogens is 376 g/mol. The fraction of sp³-hybridized carbons (Fsp3) is 0.318. The zero-order valence-corrected chi connectivity index (χ0v) is 16.5. The quantitative estimate of drug-likeness (QED) is 0.549. The number of fused-ring (bicyclic) bond motifs is 1. The van der Waals surface area contributed by atoms with E-state index in [1.54, 1.807) is 18.2 Å². The Labute approximate surface area is 167 Å². The molecule has 0 saturated carbocycles. The van der Waals surface area contributed by atoms with Crippen LogP contribution in [0.5, 0.6) is 11.5 Å². The normalized spacial score (nSPS) is 16.8. The van der Waals surface area contributed by atoms with Crippen LogP contribution < -0.4 is 14.3 Å². The molecule has 28 heavy (non-hydrogen) atoms. The maximum absolute atomic E-state index is 12.9. The van der Waals surface area contributed by atoms with Crippen LogP contribution in [0.15, 0.2) is 57.9 Å². The van der Waals surface area contributed by atoms with Gasteiger partial charge in [-0.15, -0.1) is 0 Å². The van der Waals surface area contributed by atoms with Crippen LogP contribution in [0.25, 0.3) is 22.1 Å². The summed E-state index contributed by atoms with van der Waals surface area (Å²) in [5.74, 6) is 1.89. The molecule has 3 aromatic rings. The van der Waals surface area contributed by atoms with Gasteiger partial charge >= 0.3 is 0 Å². The molecule has 0 amide bonds. The Morgan fingerprint density at radius 2 is 1.96 bits per heavy atom. The molecule has 1 aromatic heterocycles. The SMILES string of the molecule is CSOc1ccc2c(=O)c(-c3ccc(OCC4CCCOC4)cc3)coc2c1. The molecule has 0 N–H and O–H groups in total. The summed E-state index contributed by atoms with van der Waals surface area (Å²) in [5, 5.41) is 0.531. The lowest BCUT2D eigenvalue weighted by molar-refractivity contribution is 0.0352. The average molecular weight is 398 g/mol. The highest BCUT2D eigenvalue weighted by atomic mass is 32.2. The Bertz CT molecular complexity index is 990. The standard InChI is InChI=1S/C22H22O5S/c1-28-27-18-8-9-19-21(11-18)26-14-20(22(19)23)16-4-6-17(7-5-16)25-13-15-3-2-10-24-12-15/h4-9,11,14-15H,2-3,10,12-13H2,1H3. The van der Waals surface area contributed by atoms with Crippen LogP contribution in [0.4, 0.5) is 0 Å². The van der Waals surface area contributed by atoms with Crippen LogP contribution in [-0.4, -0.2) is 26.1 Å². The van der Waals surface area contributed by atoms with E-state index in [0.29, 0.717) is 34.8 Å². The summed E-state index contributed by atoms with van der Waals surface area (Å²) in [7, 11) is 0. The first-order valence-electron chi connectivity index (χ1n) is 9.32. The van der Waals surface area contributed by atoms with Crippen LogP contribution in [0.2, 0.25) is 0 Å². The summed E-state index contributed by atoms with van der Waals surface area (Å²) in [5.41, 5.74) is 1.77. The minimum Gasteiger partial charge on any atom is -0.493 e. The van der Waals surface area contributed by atoms with E-state index in [1.807, 2.05) is 30.5 Å². The third kappa shape index (κ3) is 4.18. The minimum absolute atomic E-state index is 0.0648. The number of rotatable bonds is 6. The van der Waals surface area contributed by atoms with Gasteiger partial charge in [0.1, 0.15) is 23.3 Å². The zero-order valence-electron chi connectivity index (χ0n) is 15.7. The second kappa shape index (κ2) is 8.71. The maximum Gasteiger partial charge on any atom is 0.200 e. The van der Waals surface area contributed by atoms with Crippen molar-refractivity contribution < 1.29 is 18.1 Å². The number of hydrogen-bond acceptors (Lipinski definition) is 6. The lowest BCUT2D eigenvalue weighted by Crippen LogP contribution is -2.23. The minimum atomic E-state index is -0.0648. The molecule has 146 valence electrons. The van der Waals surface area contributed by atoms with Crippen molar-refractivity contribution in [1.29, 1.82) is 0 Å². The molecule has 1 aliphatic heterocycles. The molecule has 0 spiro atoms. The van der Waals surface area contributed by atoms with Gasteiger partial charge < -0.3 is 18.1 Å². The smallest absolute Gasteiger partial charge is 0.200 e. The predicted molar refractivity (Wildman–Crippen MR) is 111 cm³/mol. The molecule has 1 fully saturated rings. The van der Waals surface area contributed by atoms with Gasteiger partial charge in [0, 0.05) is 24.8 Å². The van der Waals surface area contributed by atoms with Crippen LogP contribution in [0.1, 0.15) is 12.8 Å². The van der Waals surface area contributed by atoms with Crippen LogP contribution in [0, 0.1) is 5.92 Å². The molecule has 6 heteroatoms. The first-order chi connectivity index (χ1) is 13.7. The van der Waals surface area contributed by atoms with Gasteiger partial charge in [-0.2, -0.15) is 0 Å². The summed E-state index contributed by atoms with van der Waals surface area (Å²) >= 11 is 1.24. The number of hydrogen-bond donors (Lipinski definition) is 0. The van der Waals surface area contributed by atoms with Gasteiger partial charge in [-0.05, 0) is 42.7 Å². The molecule has 0 bridgehead atoms. The summed E-state index contributed by atoms with van der Waals surface area (Å²) in [4.78, 5) is 12.9. The predicted octanol–water partition coefficient (Wildman–Crippen LogP) is 4.92. The fourth-order valence-corrected chi connectivity index (χ4v) is 3.64. The van der Waals surface area contributed by atoms with E-state index in [0.717, 1.165) is 37.4 Å². The Morgan fingerprint density at radius 3 is 2.71 bits per heavy atom. The summed E-state index contributed by atoms with van der Waals surface area (Å²) in [6.45, 7) is 2.27. The number of ether oxygens (including phenoxy) is 2. The molecule has 1 aliphatic rings. The molecule has 0 aliphatic carbocycles. The fourth-order valence-electron chi connectivity index (χ4n) is 3.34. The van der Waals surface area contributed by atoms with E-state index in [1.165, 1.54) is 18.3 Å².